The first-order chi connectivity index (χ1) is 8.11. The first-order valence-electron chi connectivity index (χ1n) is 6.48. The Morgan fingerprint density at radius 2 is 2.41 bits per heavy atom. The van der Waals surface area contributed by atoms with Gasteiger partial charge in [-0.25, -0.2) is 0 Å². The van der Waals surface area contributed by atoms with Crippen molar-refractivity contribution in [2.45, 2.75) is 52.5 Å². The van der Waals surface area contributed by atoms with Crippen molar-refractivity contribution in [2.75, 3.05) is 0 Å². The number of carbonyl (C=O) groups is 1. The number of carbonyl (C=O) groups excluding carboxylic acids is 1. The molecule has 0 radical (unpaired) electrons. The van der Waals surface area contributed by atoms with E-state index in [2.05, 4.69) is 29.4 Å². The average Bonchev–Trinajstić information content (AvgIpc) is 2.71. The summed E-state index contributed by atoms with van der Waals surface area (Å²) in [6.07, 6.45) is 4.10. The number of fused-ring (bicyclic) bond motifs is 1. The van der Waals surface area contributed by atoms with Gasteiger partial charge in [0.15, 0.2) is 5.69 Å². The molecule has 1 amide bonds. The van der Waals surface area contributed by atoms with E-state index in [0.717, 1.165) is 30.5 Å². The predicted octanol–water partition coefficient (Wildman–Crippen LogP) is 2.06. The Balaban J connectivity index is 2.16. The molecule has 0 spiro atoms. The summed E-state index contributed by atoms with van der Waals surface area (Å²) in [4.78, 5) is 12.1. The summed E-state index contributed by atoms with van der Waals surface area (Å²) in [6.45, 7) is 6.30. The molecule has 4 heteroatoms. The number of nitrogens with one attached hydrogen (secondary N) is 2. The molecule has 0 fully saturated rings. The van der Waals surface area contributed by atoms with Gasteiger partial charge in [0, 0.05) is 17.3 Å². The Bertz CT molecular complexity index is 411. The monoisotopic (exact) mass is 235 g/mol. The van der Waals surface area contributed by atoms with Crippen LogP contribution in [0.4, 0.5) is 0 Å². The fraction of sp³-hybridized carbons (Fsp3) is 0.692. The normalized spacial score (nSPS) is 20.8. The van der Waals surface area contributed by atoms with Gasteiger partial charge in [-0.05, 0) is 38.5 Å². The zero-order valence-electron chi connectivity index (χ0n) is 10.8. The minimum atomic E-state index is -0.0362. The number of aromatic nitrogens is 2. The van der Waals surface area contributed by atoms with Gasteiger partial charge >= 0.3 is 0 Å². The number of rotatable bonds is 3. The number of hydrogen-bond donors (Lipinski definition) is 2. The second kappa shape index (κ2) is 4.90. The summed E-state index contributed by atoms with van der Waals surface area (Å²) in [5, 5.41) is 10.2. The van der Waals surface area contributed by atoms with E-state index in [0.29, 0.717) is 11.6 Å². The number of hydrogen-bond acceptors (Lipinski definition) is 2. The third-order valence-electron chi connectivity index (χ3n) is 3.60. The highest BCUT2D eigenvalue weighted by molar-refractivity contribution is 5.94. The summed E-state index contributed by atoms with van der Waals surface area (Å²) in [6, 6.07) is 0.205. The van der Waals surface area contributed by atoms with Crippen molar-refractivity contribution < 1.29 is 4.79 Å². The Morgan fingerprint density at radius 3 is 3.12 bits per heavy atom. The Hall–Kier alpha value is -1.32. The molecular formula is C13H21N3O. The highest BCUT2D eigenvalue weighted by Gasteiger charge is 2.24. The standard InChI is InChI=1S/C13H21N3O/c1-4-9(3)14-13(17)12-10-7-8(2)5-6-11(10)15-16-12/h8-9H,4-7H2,1-3H3,(H,14,17)(H,15,16)/t8-,9-/m0/s1. The molecule has 1 aliphatic rings. The predicted molar refractivity (Wildman–Crippen MR) is 67.0 cm³/mol. The average molecular weight is 235 g/mol. The zero-order valence-corrected chi connectivity index (χ0v) is 10.8. The highest BCUT2D eigenvalue weighted by Crippen LogP contribution is 2.26. The lowest BCUT2D eigenvalue weighted by Gasteiger charge is -2.18. The SMILES string of the molecule is CC[C@H](C)NC(=O)c1n[nH]c2c1C[C@@H](C)CC2. The van der Waals surface area contributed by atoms with Crippen molar-refractivity contribution in [2.24, 2.45) is 5.92 Å². The molecule has 0 saturated heterocycles. The van der Waals surface area contributed by atoms with E-state index in [1.165, 1.54) is 6.42 Å². The van der Waals surface area contributed by atoms with E-state index in [-0.39, 0.29) is 11.9 Å². The van der Waals surface area contributed by atoms with Gasteiger partial charge in [0.05, 0.1) is 0 Å². The fourth-order valence-corrected chi connectivity index (χ4v) is 2.25. The van der Waals surface area contributed by atoms with Gasteiger partial charge in [0.25, 0.3) is 5.91 Å². The largest absolute Gasteiger partial charge is 0.348 e. The lowest BCUT2D eigenvalue weighted by molar-refractivity contribution is 0.0933. The number of H-pyrrole nitrogens is 1. The van der Waals surface area contributed by atoms with E-state index >= 15 is 0 Å². The second-order valence-electron chi connectivity index (χ2n) is 5.16. The van der Waals surface area contributed by atoms with Crippen LogP contribution in [-0.2, 0) is 12.8 Å². The molecule has 0 saturated carbocycles. The molecule has 4 nitrogen and oxygen atoms in total. The van der Waals surface area contributed by atoms with E-state index in [4.69, 9.17) is 0 Å². The molecule has 1 aromatic heterocycles. The zero-order chi connectivity index (χ0) is 12.4. The third kappa shape index (κ3) is 2.51. The number of nitrogens with zero attached hydrogens (tertiary/aromatic N) is 1. The van der Waals surface area contributed by atoms with Gasteiger partial charge < -0.3 is 5.32 Å². The van der Waals surface area contributed by atoms with Crippen molar-refractivity contribution in [3.63, 3.8) is 0 Å². The lowest BCUT2D eigenvalue weighted by atomic mass is 9.87. The second-order valence-corrected chi connectivity index (χ2v) is 5.16. The van der Waals surface area contributed by atoms with Gasteiger partial charge in [-0.1, -0.05) is 13.8 Å². The quantitative estimate of drug-likeness (QED) is 0.842. The molecule has 17 heavy (non-hydrogen) atoms. The minimum Gasteiger partial charge on any atom is -0.348 e. The summed E-state index contributed by atoms with van der Waals surface area (Å²) < 4.78 is 0. The van der Waals surface area contributed by atoms with Crippen LogP contribution in [0.15, 0.2) is 0 Å². The van der Waals surface area contributed by atoms with E-state index in [1.54, 1.807) is 0 Å². The maximum atomic E-state index is 12.1. The molecule has 0 unspecified atom stereocenters. The molecule has 94 valence electrons. The van der Waals surface area contributed by atoms with Crippen LogP contribution < -0.4 is 5.32 Å². The number of aryl methyl sites for hydroxylation is 1. The minimum absolute atomic E-state index is 0.0362. The van der Waals surface area contributed by atoms with E-state index < -0.39 is 0 Å². The van der Waals surface area contributed by atoms with Crippen LogP contribution in [0, 0.1) is 5.92 Å². The first-order valence-corrected chi connectivity index (χ1v) is 6.48. The number of amides is 1. The van der Waals surface area contributed by atoms with Crippen LogP contribution in [0.2, 0.25) is 0 Å². The molecule has 2 atom stereocenters. The fourth-order valence-electron chi connectivity index (χ4n) is 2.25. The van der Waals surface area contributed by atoms with E-state index in [9.17, 15) is 4.79 Å². The maximum Gasteiger partial charge on any atom is 0.272 e. The van der Waals surface area contributed by atoms with Crippen LogP contribution in [0.3, 0.4) is 0 Å². The van der Waals surface area contributed by atoms with Crippen LogP contribution >= 0.6 is 0 Å². The van der Waals surface area contributed by atoms with Crippen molar-refractivity contribution >= 4 is 5.91 Å². The summed E-state index contributed by atoms with van der Waals surface area (Å²) in [5.74, 6) is 0.612. The van der Waals surface area contributed by atoms with Crippen molar-refractivity contribution in [1.82, 2.24) is 15.5 Å². The first kappa shape index (κ1) is 12.1. The molecule has 1 aromatic rings. The van der Waals surface area contributed by atoms with Gasteiger partial charge in [0.1, 0.15) is 0 Å². The van der Waals surface area contributed by atoms with Crippen molar-refractivity contribution in [3.05, 3.63) is 17.0 Å². The molecule has 0 aromatic carbocycles. The Morgan fingerprint density at radius 1 is 1.65 bits per heavy atom. The lowest BCUT2D eigenvalue weighted by Crippen LogP contribution is -2.33. The van der Waals surface area contributed by atoms with E-state index in [1.807, 2.05) is 6.92 Å². The molecule has 2 N–H and O–H groups in total. The topological polar surface area (TPSA) is 57.8 Å². The maximum absolute atomic E-state index is 12.1. The third-order valence-corrected chi connectivity index (χ3v) is 3.60. The van der Waals surface area contributed by atoms with Gasteiger partial charge in [0.2, 0.25) is 0 Å². The van der Waals surface area contributed by atoms with Gasteiger partial charge in [-0.3, -0.25) is 9.89 Å². The molecule has 0 aliphatic heterocycles. The summed E-state index contributed by atoms with van der Waals surface area (Å²) in [7, 11) is 0. The molecule has 1 heterocycles. The molecular weight excluding hydrogens is 214 g/mol. The summed E-state index contributed by atoms with van der Waals surface area (Å²) in [5.41, 5.74) is 2.88. The van der Waals surface area contributed by atoms with Gasteiger partial charge in [-0.15, -0.1) is 0 Å². The molecule has 2 rings (SSSR count). The smallest absolute Gasteiger partial charge is 0.272 e. The van der Waals surface area contributed by atoms with Crippen molar-refractivity contribution in [1.29, 1.82) is 0 Å². The van der Waals surface area contributed by atoms with Crippen LogP contribution in [-0.4, -0.2) is 22.1 Å². The van der Waals surface area contributed by atoms with Crippen LogP contribution in [0.1, 0.15) is 55.4 Å². The van der Waals surface area contributed by atoms with Crippen LogP contribution in [0.5, 0.6) is 0 Å². The molecule has 1 aliphatic carbocycles. The summed E-state index contributed by atoms with van der Waals surface area (Å²) >= 11 is 0. The Labute approximate surface area is 102 Å². The van der Waals surface area contributed by atoms with Gasteiger partial charge in [-0.2, -0.15) is 5.10 Å². The highest BCUT2D eigenvalue weighted by atomic mass is 16.2. The van der Waals surface area contributed by atoms with Crippen molar-refractivity contribution in [3.8, 4) is 0 Å². The Kier molecular flexibility index (Phi) is 3.50. The van der Waals surface area contributed by atoms with Crippen LogP contribution in [0.25, 0.3) is 0 Å². The molecule has 0 bridgehead atoms. The number of aromatic amines is 1.